The topological polar surface area (TPSA) is 20.3 Å². The molecule has 1 aliphatic rings. The van der Waals surface area contributed by atoms with E-state index in [-0.39, 0.29) is 11.3 Å². The maximum absolute atomic E-state index is 12.0. The van der Waals surface area contributed by atoms with Gasteiger partial charge in [-0.3, -0.25) is 4.79 Å². The van der Waals surface area contributed by atoms with E-state index in [1.54, 1.807) is 0 Å². The van der Waals surface area contributed by atoms with Crippen molar-refractivity contribution in [2.75, 3.05) is 13.1 Å². The van der Waals surface area contributed by atoms with Crippen LogP contribution in [0.1, 0.15) is 22.3 Å². The summed E-state index contributed by atoms with van der Waals surface area (Å²) >= 11 is 5.97. The smallest absolute Gasteiger partial charge is 0.253 e. The Balaban J connectivity index is 2.11. The molecule has 1 fully saturated rings. The van der Waals surface area contributed by atoms with Crippen molar-refractivity contribution in [1.82, 2.24) is 4.90 Å². The summed E-state index contributed by atoms with van der Waals surface area (Å²) in [5, 5.41) is 0.124. The summed E-state index contributed by atoms with van der Waals surface area (Å²) in [6.07, 6.45) is 0.902. The van der Waals surface area contributed by atoms with E-state index >= 15 is 0 Å². The molecule has 0 radical (unpaired) electrons. The number of hydrogen-bond acceptors (Lipinski definition) is 1. The molecule has 1 atom stereocenters. The molecule has 2 nitrogen and oxygen atoms in total. The van der Waals surface area contributed by atoms with E-state index in [9.17, 15) is 4.79 Å². The van der Waals surface area contributed by atoms with E-state index in [4.69, 9.17) is 11.6 Å². The number of carbonyl (C=O) groups is 1. The molecule has 1 aromatic rings. The van der Waals surface area contributed by atoms with Crippen molar-refractivity contribution in [1.29, 1.82) is 0 Å². The number of hydrogen-bond donors (Lipinski definition) is 0. The summed E-state index contributed by atoms with van der Waals surface area (Å²) in [5.41, 5.74) is 1.93. The Morgan fingerprint density at radius 2 is 2.07 bits per heavy atom. The molecule has 0 saturated carbocycles. The first-order chi connectivity index (χ1) is 7.16. The van der Waals surface area contributed by atoms with Crippen LogP contribution >= 0.6 is 11.6 Å². The number of benzene rings is 1. The van der Waals surface area contributed by atoms with Gasteiger partial charge in [-0.25, -0.2) is 0 Å². The first-order valence-electron chi connectivity index (χ1n) is 5.17. The summed E-state index contributed by atoms with van der Waals surface area (Å²) < 4.78 is 0. The SMILES string of the molecule is Cc1ccc(C(=O)N2CCC(Cl)C2)cc1. The summed E-state index contributed by atoms with van der Waals surface area (Å²) in [6, 6.07) is 7.67. The van der Waals surface area contributed by atoms with E-state index in [0.717, 1.165) is 18.5 Å². The molecule has 1 unspecified atom stereocenters. The van der Waals surface area contributed by atoms with Crippen molar-refractivity contribution < 1.29 is 4.79 Å². The minimum atomic E-state index is 0.0955. The Bertz CT molecular complexity index is 360. The molecule has 0 aromatic heterocycles. The fourth-order valence-corrected chi connectivity index (χ4v) is 2.04. The normalized spacial score (nSPS) is 20.7. The molecule has 80 valence electrons. The lowest BCUT2D eigenvalue weighted by Gasteiger charge is -2.15. The first kappa shape index (κ1) is 10.5. The molecule has 0 aliphatic carbocycles. The van der Waals surface area contributed by atoms with Gasteiger partial charge in [-0.05, 0) is 25.5 Å². The molecule has 0 N–H and O–H groups in total. The van der Waals surface area contributed by atoms with Crippen LogP contribution in [0.15, 0.2) is 24.3 Å². The molecular formula is C12H14ClNO. The maximum Gasteiger partial charge on any atom is 0.253 e. The highest BCUT2D eigenvalue weighted by Crippen LogP contribution is 2.17. The number of aryl methyl sites for hydroxylation is 1. The Kier molecular flexibility index (Phi) is 2.96. The van der Waals surface area contributed by atoms with Crippen molar-refractivity contribution >= 4 is 17.5 Å². The molecule has 2 rings (SSSR count). The lowest BCUT2D eigenvalue weighted by Crippen LogP contribution is -2.28. The number of carbonyl (C=O) groups excluding carboxylic acids is 1. The zero-order valence-electron chi connectivity index (χ0n) is 8.74. The van der Waals surface area contributed by atoms with Crippen LogP contribution < -0.4 is 0 Å². The van der Waals surface area contributed by atoms with Gasteiger partial charge in [0.1, 0.15) is 0 Å². The van der Waals surface area contributed by atoms with Crippen LogP contribution in [0, 0.1) is 6.92 Å². The largest absolute Gasteiger partial charge is 0.337 e. The molecule has 1 aromatic carbocycles. The Morgan fingerprint density at radius 3 is 2.60 bits per heavy atom. The van der Waals surface area contributed by atoms with Crippen molar-refractivity contribution in [3.8, 4) is 0 Å². The van der Waals surface area contributed by atoms with Crippen LogP contribution in [0.25, 0.3) is 0 Å². The van der Waals surface area contributed by atoms with Crippen LogP contribution in [0.2, 0.25) is 0 Å². The van der Waals surface area contributed by atoms with Gasteiger partial charge >= 0.3 is 0 Å². The maximum atomic E-state index is 12.0. The zero-order chi connectivity index (χ0) is 10.8. The van der Waals surface area contributed by atoms with Crippen molar-refractivity contribution in [3.05, 3.63) is 35.4 Å². The second kappa shape index (κ2) is 4.23. The summed E-state index contributed by atoms with van der Waals surface area (Å²) in [4.78, 5) is 13.8. The molecule has 1 amide bonds. The highest BCUT2D eigenvalue weighted by atomic mass is 35.5. The average molecular weight is 224 g/mol. The standard InChI is InChI=1S/C12H14ClNO/c1-9-2-4-10(5-3-9)12(15)14-7-6-11(13)8-14/h2-5,11H,6-8H2,1H3. The third-order valence-electron chi connectivity index (χ3n) is 2.72. The highest BCUT2D eigenvalue weighted by Gasteiger charge is 2.25. The minimum Gasteiger partial charge on any atom is -0.337 e. The van der Waals surface area contributed by atoms with Gasteiger partial charge in [0.2, 0.25) is 0 Å². The van der Waals surface area contributed by atoms with Gasteiger partial charge in [0.05, 0.1) is 5.38 Å². The van der Waals surface area contributed by atoms with Gasteiger partial charge in [-0.1, -0.05) is 17.7 Å². The zero-order valence-corrected chi connectivity index (χ0v) is 9.50. The molecular weight excluding hydrogens is 210 g/mol. The molecule has 1 heterocycles. The van der Waals surface area contributed by atoms with E-state index in [2.05, 4.69) is 0 Å². The van der Waals surface area contributed by atoms with E-state index in [1.165, 1.54) is 5.56 Å². The highest BCUT2D eigenvalue weighted by molar-refractivity contribution is 6.21. The predicted molar refractivity (Wildman–Crippen MR) is 61.3 cm³/mol. The first-order valence-corrected chi connectivity index (χ1v) is 5.60. The molecule has 0 spiro atoms. The predicted octanol–water partition coefficient (Wildman–Crippen LogP) is 2.45. The van der Waals surface area contributed by atoms with Crippen molar-refractivity contribution in [2.45, 2.75) is 18.7 Å². The van der Waals surface area contributed by atoms with Crippen LogP contribution in [0.4, 0.5) is 0 Å². The lowest BCUT2D eigenvalue weighted by atomic mass is 10.1. The summed E-state index contributed by atoms with van der Waals surface area (Å²) in [7, 11) is 0. The van der Waals surface area contributed by atoms with Gasteiger partial charge in [0, 0.05) is 18.7 Å². The molecule has 15 heavy (non-hydrogen) atoms. The van der Waals surface area contributed by atoms with Crippen LogP contribution in [0.3, 0.4) is 0 Å². The minimum absolute atomic E-state index is 0.0955. The van der Waals surface area contributed by atoms with E-state index in [1.807, 2.05) is 36.1 Å². The molecule has 0 bridgehead atoms. The molecule has 3 heteroatoms. The number of nitrogens with zero attached hydrogens (tertiary/aromatic N) is 1. The number of halogens is 1. The average Bonchev–Trinajstić information content (AvgIpc) is 2.65. The van der Waals surface area contributed by atoms with Crippen molar-refractivity contribution in [3.63, 3.8) is 0 Å². The van der Waals surface area contributed by atoms with Gasteiger partial charge in [0.25, 0.3) is 5.91 Å². The Labute approximate surface area is 94.8 Å². The number of amides is 1. The fraction of sp³-hybridized carbons (Fsp3) is 0.417. The number of rotatable bonds is 1. The quantitative estimate of drug-likeness (QED) is 0.670. The molecule has 1 saturated heterocycles. The second-order valence-corrected chi connectivity index (χ2v) is 4.62. The van der Waals surface area contributed by atoms with Gasteiger partial charge in [0.15, 0.2) is 0 Å². The van der Waals surface area contributed by atoms with Gasteiger partial charge in [-0.2, -0.15) is 0 Å². The van der Waals surface area contributed by atoms with Gasteiger partial charge < -0.3 is 4.90 Å². The number of alkyl halides is 1. The lowest BCUT2D eigenvalue weighted by molar-refractivity contribution is 0.0793. The third-order valence-corrected chi connectivity index (χ3v) is 3.07. The molecule has 1 aliphatic heterocycles. The third kappa shape index (κ3) is 2.32. The summed E-state index contributed by atoms with van der Waals surface area (Å²) in [5.74, 6) is 0.0955. The van der Waals surface area contributed by atoms with Crippen molar-refractivity contribution in [2.24, 2.45) is 0 Å². The Morgan fingerprint density at radius 1 is 1.40 bits per heavy atom. The summed E-state index contributed by atoms with van der Waals surface area (Å²) in [6.45, 7) is 3.47. The monoisotopic (exact) mass is 223 g/mol. The van der Waals surface area contributed by atoms with Gasteiger partial charge in [-0.15, -0.1) is 11.6 Å². The number of likely N-dealkylation sites (tertiary alicyclic amines) is 1. The van der Waals surface area contributed by atoms with E-state index in [0.29, 0.717) is 6.54 Å². The fourth-order valence-electron chi connectivity index (χ4n) is 1.78. The van der Waals surface area contributed by atoms with Crippen LogP contribution in [0.5, 0.6) is 0 Å². The van der Waals surface area contributed by atoms with E-state index < -0.39 is 0 Å². The Hall–Kier alpha value is -1.02. The van der Waals surface area contributed by atoms with Crippen LogP contribution in [-0.2, 0) is 0 Å². The second-order valence-electron chi connectivity index (χ2n) is 4.00. The van der Waals surface area contributed by atoms with Crippen LogP contribution in [-0.4, -0.2) is 29.3 Å².